The minimum atomic E-state index is 0.428. The van der Waals surface area contributed by atoms with Crippen molar-refractivity contribution in [3.63, 3.8) is 0 Å². The highest BCUT2D eigenvalue weighted by atomic mass is 15.1. The zero-order valence-corrected chi connectivity index (χ0v) is 12.7. The Hall–Kier alpha value is -0.860. The number of rotatable bonds is 6. The lowest BCUT2D eigenvalue weighted by Gasteiger charge is -2.43. The summed E-state index contributed by atoms with van der Waals surface area (Å²) in [4.78, 5) is 2.46. The lowest BCUT2D eigenvalue weighted by atomic mass is 9.68. The lowest BCUT2D eigenvalue weighted by molar-refractivity contribution is 0.0882. The summed E-state index contributed by atoms with van der Waals surface area (Å²) in [6.45, 7) is 7.51. The molecule has 0 radical (unpaired) electrons. The molecule has 1 saturated carbocycles. The van der Waals surface area contributed by atoms with E-state index < -0.39 is 0 Å². The van der Waals surface area contributed by atoms with Crippen LogP contribution < -0.4 is 5.73 Å². The van der Waals surface area contributed by atoms with Gasteiger partial charge in [-0.3, -0.25) is 0 Å². The fraction of sp³-hybridized carbons (Fsp3) is 0.647. The van der Waals surface area contributed by atoms with Crippen molar-refractivity contribution < 1.29 is 0 Å². The molecular weight excluding hydrogens is 232 g/mol. The Morgan fingerprint density at radius 2 is 2.00 bits per heavy atom. The molecule has 1 aromatic rings. The summed E-state index contributed by atoms with van der Waals surface area (Å²) < 4.78 is 0. The Balaban J connectivity index is 1.84. The van der Waals surface area contributed by atoms with E-state index in [-0.39, 0.29) is 0 Å². The second-order valence-corrected chi connectivity index (χ2v) is 6.48. The van der Waals surface area contributed by atoms with Crippen LogP contribution in [0, 0.1) is 19.3 Å². The molecule has 106 valence electrons. The molecule has 0 atom stereocenters. The van der Waals surface area contributed by atoms with E-state index >= 15 is 0 Å². The van der Waals surface area contributed by atoms with Crippen molar-refractivity contribution in [3.8, 4) is 0 Å². The average molecular weight is 260 g/mol. The van der Waals surface area contributed by atoms with Crippen LogP contribution in [0.3, 0.4) is 0 Å². The molecule has 0 saturated heterocycles. The summed E-state index contributed by atoms with van der Waals surface area (Å²) >= 11 is 0. The number of hydrogen-bond acceptors (Lipinski definition) is 2. The monoisotopic (exact) mass is 260 g/mol. The zero-order valence-electron chi connectivity index (χ0n) is 12.7. The van der Waals surface area contributed by atoms with E-state index in [1.807, 2.05) is 0 Å². The lowest BCUT2D eigenvalue weighted by Crippen LogP contribution is -2.46. The quantitative estimate of drug-likeness (QED) is 0.852. The van der Waals surface area contributed by atoms with Crippen molar-refractivity contribution in [1.29, 1.82) is 0 Å². The fourth-order valence-electron chi connectivity index (χ4n) is 3.19. The fourth-order valence-corrected chi connectivity index (χ4v) is 3.19. The van der Waals surface area contributed by atoms with Gasteiger partial charge < -0.3 is 10.6 Å². The first-order chi connectivity index (χ1) is 9.04. The molecule has 19 heavy (non-hydrogen) atoms. The third kappa shape index (κ3) is 3.58. The zero-order chi connectivity index (χ0) is 13.9. The number of hydrogen-bond donors (Lipinski definition) is 1. The molecule has 0 unspecified atom stereocenters. The van der Waals surface area contributed by atoms with Gasteiger partial charge in [0.25, 0.3) is 0 Å². The number of nitrogens with zero attached hydrogens (tertiary/aromatic N) is 1. The van der Waals surface area contributed by atoms with Gasteiger partial charge in [-0.05, 0) is 63.2 Å². The normalized spacial score (nSPS) is 17.5. The Labute approximate surface area is 118 Å². The van der Waals surface area contributed by atoms with Crippen LogP contribution in [0.15, 0.2) is 18.2 Å². The van der Waals surface area contributed by atoms with Crippen molar-refractivity contribution >= 4 is 0 Å². The first-order valence-corrected chi connectivity index (χ1v) is 7.49. The second kappa shape index (κ2) is 6.06. The highest BCUT2D eigenvalue weighted by molar-refractivity contribution is 5.30. The Bertz CT molecular complexity index is 416. The topological polar surface area (TPSA) is 29.3 Å². The molecule has 1 aromatic carbocycles. The van der Waals surface area contributed by atoms with Crippen LogP contribution in [0.1, 0.15) is 36.0 Å². The maximum absolute atomic E-state index is 5.94. The molecule has 2 rings (SSSR count). The first kappa shape index (κ1) is 14.5. The second-order valence-electron chi connectivity index (χ2n) is 6.48. The molecule has 2 N–H and O–H groups in total. The predicted octanol–water partition coefficient (Wildman–Crippen LogP) is 2.91. The van der Waals surface area contributed by atoms with Crippen LogP contribution in [-0.4, -0.2) is 31.6 Å². The highest BCUT2D eigenvalue weighted by Crippen LogP contribution is 2.40. The SMILES string of the molecule is Cc1ccc(CCN(C)CC2(CN)CCC2)c(C)c1. The molecule has 0 amide bonds. The molecule has 2 nitrogen and oxygen atoms in total. The van der Waals surface area contributed by atoms with E-state index in [2.05, 4.69) is 44.0 Å². The summed E-state index contributed by atoms with van der Waals surface area (Å²) in [6.07, 6.45) is 5.14. The van der Waals surface area contributed by atoms with Crippen LogP contribution in [-0.2, 0) is 6.42 Å². The summed E-state index contributed by atoms with van der Waals surface area (Å²) in [5.74, 6) is 0. The van der Waals surface area contributed by atoms with Crippen molar-refractivity contribution in [1.82, 2.24) is 4.90 Å². The average Bonchev–Trinajstić information content (AvgIpc) is 2.33. The summed E-state index contributed by atoms with van der Waals surface area (Å²) in [6, 6.07) is 6.78. The van der Waals surface area contributed by atoms with Gasteiger partial charge in [0, 0.05) is 13.1 Å². The van der Waals surface area contributed by atoms with Crippen molar-refractivity contribution in [2.45, 2.75) is 39.5 Å². The van der Waals surface area contributed by atoms with Gasteiger partial charge in [-0.25, -0.2) is 0 Å². The smallest absolute Gasteiger partial charge is 0.00471 e. The molecule has 1 aliphatic carbocycles. The maximum atomic E-state index is 5.94. The van der Waals surface area contributed by atoms with Crippen LogP contribution in [0.5, 0.6) is 0 Å². The first-order valence-electron chi connectivity index (χ1n) is 7.49. The van der Waals surface area contributed by atoms with Gasteiger partial charge >= 0.3 is 0 Å². The third-order valence-corrected chi connectivity index (χ3v) is 4.71. The molecular formula is C17H28N2. The largest absolute Gasteiger partial charge is 0.330 e. The number of aryl methyl sites for hydroxylation is 2. The van der Waals surface area contributed by atoms with E-state index in [1.165, 1.54) is 36.0 Å². The van der Waals surface area contributed by atoms with E-state index in [0.717, 1.165) is 26.1 Å². The molecule has 0 aliphatic heterocycles. The minimum absolute atomic E-state index is 0.428. The molecule has 1 fully saturated rings. The van der Waals surface area contributed by atoms with Gasteiger partial charge in [-0.15, -0.1) is 0 Å². The molecule has 0 heterocycles. The molecule has 0 spiro atoms. The summed E-state index contributed by atoms with van der Waals surface area (Å²) in [7, 11) is 2.24. The van der Waals surface area contributed by atoms with Crippen molar-refractivity contribution in [2.24, 2.45) is 11.1 Å². The van der Waals surface area contributed by atoms with Gasteiger partial charge in [0.1, 0.15) is 0 Å². The van der Waals surface area contributed by atoms with Crippen LogP contribution in [0.2, 0.25) is 0 Å². The van der Waals surface area contributed by atoms with E-state index in [4.69, 9.17) is 5.73 Å². The third-order valence-electron chi connectivity index (χ3n) is 4.71. The number of likely N-dealkylation sites (N-methyl/N-ethyl adjacent to an activating group) is 1. The maximum Gasteiger partial charge on any atom is 0.00471 e. The van der Waals surface area contributed by atoms with E-state index in [9.17, 15) is 0 Å². The van der Waals surface area contributed by atoms with Gasteiger partial charge in [-0.1, -0.05) is 30.2 Å². The van der Waals surface area contributed by atoms with E-state index in [0.29, 0.717) is 5.41 Å². The minimum Gasteiger partial charge on any atom is -0.330 e. The molecule has 0 bridgehead atoms. The van der Waals surface area contributed by atoms with Gasteiger partial charge in [0.05, 0.1) is 0 Å². The standard InChI is InChI=1S/C17H28N2/c1-14-5-6-16(15(2)11-14)7-10-19(3)13-17(12-18)8-4-9-17/h5-6,11H,4,7-10,12-13,18H2,1-3H3. The van der Waals surface area contributed by atoms with Crippen molar-refractivity contribution in [3.05, 3.63) is 34.9 Å². The van der Waals surface area contributed by atoms with Crippen LogP contribution >= 0.6 is 0 Å². The summed E-state index contributed by atoms with van der Waals surface area (Å²) in [5.41, 5.74) is 10.6. The predicted molar refractivity (Wildman–Crippen MR) is 82.5 cm³/mol. The number of benzene rings is 1. The Morgan fingerprint density at radius 3 is 2.53 bits per heavy atom. The number of nitrogens with two attached hydrogens (primary N) is 1. The van der Waals surface area contributed by atoms with Crippen LogP contribution in [0.25, 0.3) is 0 Å². The molecule has 0 aromatic heterocycles. The van der Waals surface area contributed by atoms with Crippen molar-refractivity contribution in [2.75, 3.05) is 26.7 Å². The molecule has 1 aliphatic rings. The summed E-state index contributed by atoms with van der Waals surface area (Å²) in [5, 5.41) is 0. The highest BCUT2D eigenvalue weighted by Gasteiger charge is 2.36. The molecule has 2 heteroatoms. The van der Waals surface area contributed by atoms with Gasteiger partial charge in [0.15, 0.2) is 0 Å². The van der Waals surface area contributed by atoms with E-state index in [1.54, 1.807) is 0 Å². The Morgan fingerprint density at radius 1 is 1.26 bits per heavy atom. The van der Waals surface area contributed by atoms with Gasteiger partial charge in [-0.2, -0.15) is 0 Å². The van der Waals surface area contributed by atoms with Crippen LogP contribution in [0.4, 0.5) is 0 Å². The Kier molecular flexibility index (Phi) is 4.64. The van der Waals surface area contributed by atoms with Gasteiger partial charge in [0.2, 0.25) is 0 Å².